The van der Waals surface area contributed by atoms with Gasteiger partial charge in [0.05, 0.1) is 19.1 Å². The molecule has 18 heteroatoms. The minimum absolute atomic E-state index is 0.137. The number of phosphoric acid groups is 2. The lowest BCUT2D eigenvalue weighted by atomic mass is 10.1. The molecule has 0 spiro atoms. The molecule has 2 unspecified atom stereocenters. The molecule has 190 valence electrons. The van der Waals surface area contributed by atoms with Gasteiger partial charge < -0.3 is 24.4 Å². The van der Waals surface area contributed by atoms with Gasteiger partial charge in [-0.1, -0.05) is 0 Å². The number of aliphatic hydroxyl groups excluding tert-OH is 1. The highest BCUT2D eigenvalue weighted by Crippen LogP contribution is 2.61. The Bertz CT molecular complexity index is 1180. The number of Topliss-reactive ketones (excluding diaryl/α,β-unsaturated/α-hetero) is 2. The number of ketones is 2. The third-order valence-corrected chi connectivity index (χ3v) is 7.50. The fourth-order valence-corrected chi connectivity index (χ4v) is 5.35. The second kappa shape index (κ2) is 10.0. The average molecular weight is 528 g/mol. The van der Waals surface area contributed by atoms with Crippen LogP contribution in [0, 0.1) is 6.92 Å². The van der Waals surface area contributed by atoms with E-state index in [4.69, 9.17) is 9.47 Å². The molecule has 34 heavy (non-hydrogen) atoms. The molecule has 4 N–H and O–H groups in total. The summed E-state index contributed by atoms with van der Waals surface area (Å²) in [6, 6.07) is 0. The topological polar surface area (TPSA) is 230 Å². The number of hydrogen-bond donors (Lipinski definition) is 4. The van der Waals surface area contributed by atoms with Crippen molar-refractivity contribution in [2.75, 3.05) is 6.61 Å². The maximum atomic E-state index is 12.1. The lowest BCUT2D eigenvalue weighted by molar-refractivity contribution is -0.174. The van der Waals surface area contributed by atoms with Crippen molar-refractivity contribution in [1.82, 2.24) is 9.55 Å². The first-order valence-electron chi connectivity index (χ1n) is 9.75. The van der Waals surface area contributed by atoms with E-state index in [9.17, 15) is 43.2 Å². The second-order valence-electron chi connectivity index (χ2n) is 7.53. The van der Waals surface area contributed by atoms with Crippen molar-refractivity contribution in [3.8, 4) is 0 Å². The zero-order chi connectivity index (χ0) is 25.4. The molecule has 3 heterocycles. The van der Waals surface area contributed by atoms with Crippen molar-refractivity contribution in [3.63, 3.8) is 0 Å². The first kappa shape index (κ1) is 26.8. The molecule has 2 aliphatic rings. The summed E-state index contributed by atoms with van der Waals surface area (Å²) in [6.45, 7) is 1.86. The Morgan fingerprint density at radius 1 is 1.18 bits per heavy atom. The van der Waals surface area contributed by atoms with Crippen LogP contribution >= 0.6 is 15.6 Å². The minimum atomic E-state index is -5.32. The van der Waals surface area contributed by atoms with Crippen molar-refractivity contribution in [1.29, 1.82) is 0 Å². The molecule has 0 aliphatic carbocycles. The van der Waals surface area contributed by atoms with Gasteiger partial charge in [0.15, 0.2) is 6.29 Å². The van der Waals surface area contributed by atoms with Crippen LogP contribution in [-0.4, -0.2) is 67.2 Å². The number of nitrogens with zero attached hydrogens (tertiary/aromatic N) is 1. The average Bonchev–Trinajstić information content (AvgIpc) is 3.06. The number of nitrogens with one attached hydrogen (secondary N) is 1. The lowest BCUT2D eigenvalue weighted by Crippen LogP contribution is -2.41. The van der Waals surface area contributed by atoms with Gasteiger partial charge in [-0.25, -0.2) is 13.9 Å². The number of ether oxygens (including phenoxy) is 2. The lowest BCUT2D eigenvalue weighted by Gasteiger charge is -2.27. The predicted molar refractivity (Wildman–Crippen MR) is 107 cm³/mol. The molecule has 2 saturated heterocycles. The zero-order valence-corrected chi connectivity index (χ0v) is 19.5. The maximum absolute atomic E-state index is 12.1. The summed E-state index contributed by atoms with van der Waals surface area (Å²) < 4.78 is 48.9. The first-order chi connectivity index (χ1) is 15.7. The molecule has 1 aromatic heterocycles. The van der Waals surface area contributed by atoms with Gasteiger partial charge in [-0.3, -0.25) is 33.0 Å². The van der Waals surface area contributed by atoms with Gasteiger partial charge in [0, 0.05) is 18.2 Å². The van der Waals surface area contributed by atoms with Crippen LogP contribution in [0.4, 0.5) is 0 Å². The van der Waals surface area contributed by atoms with Crippen molar-refractivity contribution >= 4 is 27.2 Å². The van der Waals surface area contributed by atoms with Crippen LogP contribution in [-0.2, 0) is 41.6 Å². The van der Waals surface area contributed by atoms with E-state index in [1.54, 1.807) is 0 Å². The second-order valence-corrected chi connectivity index (χ2v) is 10.5. The molecule has 0 saturated carbocycles. The van der Waals surface area contributed by atoms with Gasteiger partial charge >= 0.3 is 21.3 Å². The molecule has 2 fully saturated rings. The fraction of sp³-hybridized carbons (Fsp3) is 0.625. The molecule has 0 bridgehead atoms. The predicted octanol–water partition coefficient (Wildman–Crippen LogP) is -0.983. The molecule has 3 rings (SSSR count). The minimum Gasteiger partial charge on any atom is -0.390 e. The van der Waals surface area contributed by atoms with E-state index in [2.05, 4.69) is 18.3 Å². The summed E-state index contributed by atoms with van der Waals surface area (Å²) >= 11 is 0. The van der Waals surface area contributed by atoms with Crippen LogP contribution in [0.5, 0.6) is 0 Å². The van der Waals surface area contributed by atoms with Crippen LogP contribution in [0.3, 0.4) is 0 Å². The monoisotopic (exact) mass is 528 g/mol. The number of phosphoric ester groups is 2. The third kappa shape index (κ3) is 6.43. The van der Waals surface area contributed by atoms with Crippen LogP contribution in [0.1, 0.15) is 31.6 Å². The number of aromatic nitrogens is 2. The number of aryl methyl sites for hydroxylation is 1. The number of H-pyrrole nitrogens is 1. The molecule has 0 amide bonds. The first-order valence-corrected chi connectivity index (χ1v) is 12.7. The molecule has 7 atom stereocenters. The number of carbonyl (C=O) groups excluding carboxylic acids is 2. The summed E-state index contributed by atoms with van der Waals surface area (Å²) in [5.41, 5.74) is -1.20. The van der Waals surface area contributed by atoms with Crippen LogP contribution < -0.4 is 11.2 Å². The number of aromatic amines is 1. The van der Waals surface area contributed by atoms with Gasteiger partial charge in [-0.2, -0.15) is 4.31 Å². The summed E-state index contributed by atoms with van der Waals surface area (Å²) in [6.07, 6.45) is -6.13. The Morgan fingerprint density at radius 3 is 2.50 bits per heavy atom. The standard InChI is InChI=1S/C16H22N2O14P2/c1-7-5-18(16(23)17-15(7)22)12-3-9(19)11(30-12)6-28-33(24,25)32-34(26,27)31-13-4-10(20)14(21)8(2)29-13/h5,8-9,11-13,19H,3-4,6H2,1-2H3,(H,24,25)(H,26,27)(H,17,22,23)/t8-,9+,11-,12-,13-/m1/s1. The van der Waals surface area contributed by atoms with Gasteiger partial charge in [0.25, 0.3) is 5.56 Å². The SMILES string of the molecule is Cc1cn([C@H]2C[C@H](O)[C@@H](COP(=O)(O)OP(=O)(O)O[C@@H]3CC(=O)C(=O)[C@@H](C)O3)O2)c(=O)[nH]c1=O. The number of aliphatic hydroxyl groups is 1. The highest BCUT2D eigenvalue weighted by molar-refractivity contribution is 7.61. The zero-order valence-electron chi connectivity index (χ0n) is 17.8. The van der Waals surface area contributed by atoms with E-state index in [0.29, 0.717) is 0 Å². The molecular weight excluding hydrogens is 506 g/mol. The molecular formula is C16H22N2O14P2. The highest BCUT2D eigenvalue weighted by Gasteiger charge is 2.43. The smallest absolute Gasteiger partial charge is 0.390 e. The van der Waals surface area contributed by atoms with Crippen LogP contribution in [0.25, 0.3) is 0 Å². The largest absolute Gasteiger partial charge is 0.483 e. The Morgan fingerprint density at radius 2 is 1.85 bits per heavy atom. The Hall–Kier alpha value is -1.84. The normalized spacial score (nSPS) is 31.3. The van der Waals surface area contributed by atoms with Gasteiger partial charge in [0.1, 0.15) is 18.4 Å². The van der Waals surface area contributed by atoms with E-state index < -0.39 is 82.3 Å². The van der Waals surface area contributed by atoms with Crippen molar-refractivity contribution < 1.29 is 56.4 Å². The molecule has 1 aromatic rings. The van der Waals surface area contributed by atoms with Gasteiger partial charge in [-0.15, -0.1) is 0 Å². The molecule has 16 nitrogen and oxygen atoms in total. The van der Waals surface area contributed by atoms with Crippen molar-refractivity contribution in [2.45, 2.75) is 57.5 Å². The van der Waals surface area contributed by atoms with Crippen LogP contribution in [0.15, 0.2) is 15.8 Å². The Balaban J connectivity index is 1.57. The van der Waals surface area contributed by atoms with E-state index in [0.717, 1.165) is 4.57 Å². The summed E-state index contributed by atoms with van der Waals surface area (Å²) in [4.78, 5) is 68.0. The third-order valence-electron chi connectivity index (χ3n) is 4.87. The van der Waals surface area contributed by atoms with Crippen molar-refractivity contribution in [2.24, 2.45) is 0 Å². The van der Waals surface area contributed by atoms with Crippen LogP contribution in [0.2, 0.25) is 0 Å². The summed E-state index contributed by atoms with van der Waals surface area (Å²) in [5, 5.41) is 10.1. The van der Waals surface area contributed by atoms with Gasteiger partial charge in [0.2, 0.25) is 11.6 Å². The number of hydrogen-bond acceptors (Lipinski definition) is 12. The quantitative estimate of drug-likeness (QED) is 0.235. The number of rotatable bonds is 8. The number of carbonyl (C=O) groups is 2. The summed E-state index contributed by atoms with van der Waals surface area (Å²) in [7, 11) is -10.6. The van der Waals surface area contributed by atoms with E-state index >= 15 is 0 Å². The Kier molecular flexibility index (Phi) is 7.89. The van der Waals surface area contributed by atoms with E-state index in [-0.39, 0.29) is 12.0 Å². The molecule has 2 aliphatic heterocycles. The van der Waals surface area contributed by atoms with E-state index in [1.807, 2.05) is 0 Å². The summed E-state index contributed by atoms with van der Waals surface area (Å²) in [5.74, 6) is -1.79. The highest BCUT2D eigenvalue weighted by atomic mass is 31.3. The van der Waals surface area contributed by atoms with Crippen molar-refractivity contribution in [3.05, 3.63) is 32.6 Å². The van der Waals surface area contributed by atoms with E-state index in [1.165, 1.54) is 20.0 Å². The molecule has 0 aromatic carbocycles. The fourth-order valence-electron chi connectivity index (χ4n) is 3.20. The molecule has 0 radical (unpaired) electrons. The van der Waals surface area contributed by atoms with Gasteiger partial charge in [-0.05, 0) is 13.8 Å². The Labute approximate surface area is 190 Å². The maximum Gasteiger partial charge on any atom is 0.483 e.